The number of urea groups is 1. The lowest BCUT2D eigenvalue weighted by atomic mass is 10.0. The van der Waals surface area contributed by atoms with E-state index in [1.165, 1.54) is 30.9 Å². The molecule has 0 aliphatic carbocycles. The van der Waals surface area contributed by atoms with Crippen LogP contribution >= 0.6 is 0 Å². The molecule has 3 amide bonds. The van der Waals surface area contributed by atoms with Crippen LogP contribution in [0.4, 0.5) is 10.5 Å². The number of nitrogens with zero attached hydrogens (tertiary/aromatic N) is 1. The smallest absolute Gasteiger partial charge is 0.329 e. The van der Waals surface area contributed by atoms with Gasteiger partial charge in [-0.15, -0.1) is 0 Å². The van der Waals surface area contributed by atoms with Gasteiger partial charge in [0.2, 0.25) is 5.91 Å². The van der Waals surface area contributed by atoms with Crippen LogP contribution in [0.3, 0.4) is 0 Å². The highest BCUT2D eigenvalue weighted by Gasteiger charge is 2.36. The Morgan fingerprint density at radius 2 is 1.95 bits per heavy atom. The van der Waals surface area contributed by atoms with E-state index in [2.05, 4.69) is 5.32 Å². The van der Waals surface area contributed by atoms with Gasteiger partial charge in [-0.05, 0) is 39.0 Å². The van der Waals surface area contributed by atoms with Crippen LogP contribution in [0.5, 0.6) is 0 Å². The molecule has 0 aromatic heterocycles. The first kappa shape index (κ1) is 16.5. The second-order valence-corrected chi connectivity index (χ2v) is 4.98. The van der Waals surface area contributed by atoms with Crippen LogP contribution in [-0.4, -0.2) is 40.0 Å². The maximum atomic E-state index is 12.2. The summed E-state index contributed by atoms with van der Waals surface area (Å²) in [7, 11) is 0. The number of nitrogens with two attached hydrogens (primary N) is 1. The number of nitrogens with one attached hydrogen (secondary N) is 1. The highest BCUT2D eigenvalue weighted by atomic mass is 16.4. The number of rotatable bonds is 5. The van der Waals surface area contributed by atoms with Crippen molar-refractivity contribution in [3.05, 3.63) is 29.8 Å². The van der Waals surface area contributed by atoms with E-state index in [1.807, 2.05) is 0 Å². The second kappa shape index (κ2) is 6.25. The minimum atomic E-state index is -1.35. The van der Waals surface area contributed by atoms with Crippen molar-refractivity contribution in [1.29, 1.82) is 0 Å². The lowest BCUT2D eigenvalue weighted by Crippen LogP contribution is -2.54. The number of hydrogen-bond donors (Lipinski definition) is 3. The summed E-state index contributed by atoms with van der Waals surface area (Å²) in [5.74, 6) is -1.71. The van der Waals surface area contributed by atoms with Crippen molar-refractivity contribution < 1.29 is 19.5 Å². The molecule has 0 unspecified atom stereocenters. The molecule has 0 atom stereocenters. The molecule has 0 aliphatic rings. The lowest BCUT2D eigenvalue weighted by molar-refractivity contribution is -0.147. The zero-order valence-electron chi connectivity index (χ0n) is 12.2. The molecule has 4 N–H and O–H groups in total. The van der Waals surface area contributed by atoms with Crippen LogP contribution in [0.25, 0.3) is 0 Å². The molecule has 7 heteroatoms. The SMILES string of the molecule is CCN(C(=O)Nc1cccc(C(N)=O)c1)C(C)(C)C(=O)O. The van der Waals surface area contributed by atoms with Gasteiger partial charge in [-0.1, -0.05) is 6.07 Å². The fraction of sp³-hybridized carbons (Fsp3) is 0.357. The van der Waals surface area contributed by atoms with E-state index in [0.717, 1.165) is 0 Å². The van der Waals surface area contributed by atoms with Crippen LogP contribution < -0.4 is 11.1 Å². The number of carboxylic acid groups (broad SMARTS) is 1. The monoisotopic (exact) mass is 293 g/mol. The highest BCUT2D eigenvalue weighted by molar-refractivity contribution is 5.97. The fourth-order valence-electron chi connectivity index (χ4n) is 1.85. The summed E-state index contributed by atoms with van der Waals surface area (Å²) in [6, 6.07) is 5.56. The Hall–Kier alpha value is -2.57. The number of carbonyl (C=O) groups excluding carboxylic acids is 2. The van der Waals surface area contributed by atoms with E-state index in [4.69, 9.17) is 5.73 Å². The van der Waals surface area contributed by atoms with E-state index >= 15 is 0 Å². The second-order valence-electron chi connectivity index (χ2n) is 4.98. The summed E-state index contributed by atoms with van der Waals surface area (Å²) >= 11 is 0. The van der Waals surface area contributed by atoms with Crippen molar-refractivity contribution in [2.75, 3.05) is 11.9 Å². The predicted octanol–water partition coefficient (Wildman–Crippen LogP) is 1.50. The van der Waals surface area contributed by atoms with Crippen LogP contribution in [0.2, 0.25) is 0 Å². The number of carbonyl (C=O) groups is 3. The van der Waals surface area contributed by atoms with Crippen molar-refractivity contribution in [1.82, 2.24) is 4.90 Å². The van der Waals surface area contributed by atoms with Crippen LogP contribution in [-0.2, 0) is 4.79 Å². The summed E-state index contributed by atoms with van der Waals surface area (Å²) in [4.78, 5) is 35.7. The van der Waals surface area contributed by atoms with Gasteiger partial charge in [0.05, 0.1) is 0 Å². The Morgan fingerprint density at radius 1 is 1.33 bits per heavy atom. The Bertz CT molecular complexity index is 569. The number of anilines is 1. The molecular formula is C14H19N3O4. The molecule has 1 aromatic carbocycles. The van der Waals surface area contributed by atoms with Gasteiger partial charge in [0.25, 0.3) is 0 Å². The molecular weight excluding hydrogens is 274 g/mol. The quantitative estimate of drug-likeness (QED) is 0.763. The summed E-state index contributed by atoms with van der Waals surface area (Å²) < 4.78 is 0. The van der Waals surface area contributed by atoms with Crippen molar-refractivity contribution in [3.8, 4) is 0 Å². The van der Waals surface area contributed by atoms with E-state index in [1.54, 1.807) is 19.1 Å². The minimum absolute atomic E-state index is 0.223. The van der Waals surface area contributed by atoms with Gasteiger partial charge in [0.15, 0.2) is 0 Å². The van der Waals surface area contributed by atoms with Crippen LogP contribution in [0, 0.1) is 0 Å². The number of aliphatic carboxylic acids is 1. The van der Waals surface area contributed by atoms with Gasteiger partial charge < -0.3 is 21.1 Å². The summed E-state index contributed by atoms with van der Waals surface area (Å²) in [6.07, 6.45) is 0. The van der Waals surface area contributed by atoms with Gasteiger partial charge in [-0.2, -0.15) is 0 Å². The number of hydrogen-bond acceptors (Lipinski definition) is 3. The minimum Gasteiger partial charge on any atom is -0.480 e. The number of carboxylic acids is 1. The Morgan fingerprint density at radius 3 is 2.43 bits per heavy atom. The highest BCUT2D eigenvalue weighted by Crippen LogP contribution is 2.17. The van der Waals surface area contributed by atoms with Crippen LogP contribution in [0.15, 0.2) is 24.3 Å². The van der Waals surface area contributed by atoms with E-state index in [9.17, 15) is 19.5 Å². The van der Waals surface area contributed by atoms with Crippen molar-refractivity contribution in [2.45, 2.75) is 26.3 Å². The average molecular weight is 293 g/mol. The van der Waals surface area contributed by atoms with Gasteiger partial charge >= 0.3 is 12.0 Å². The Labute approximate surface area is 122 Å². The Balaban J connectivity index is 2.96. The van der Waals surface area contributed by atoms with Gasteiger partial charge in [-0.25, -0.2) is 9.59 Å². The zero-order valence-corrected chi connectivity index (χ0v) is 12.2. The third-order valence-electron chi connectivity index (χ3n) is 3.16. The van der Waals surface area contributed by atoms with E-state index in [0.29, 0.717) is 5.69 Å². The molecule has 21 heavy (non-hydrogen) atoms. The third-order valence-corrected chi connectivity index (χ3v) is 3.16. The van der Waals surface area contributed by atoms with Gasteiger partial charge in [0, 0.05) is 17.8 Å². The summed E-state index contributed by atoms with van der Waals surface area (Å²) in [5, 5.41) is 11.8. The molecule has 0 saturated heterocycles. The van der Waals surface area contributed by atoms with Gasteiger partial charge in [-0.3, -0.25) is 4.79 Å². The molecule has 0 bridgehead atoms. The molecule has 7 nitrogen and oxygen atoms in total. The molecule has 0 fully saturated rings. The normalized spacial score (nSPS) is 10.8. The summed E-state index contributed by atoms with van der Waals surface area (Å²) in [6.45, 7) is 4.79. The summed E-state index contributed by atoms with van der Waals surface area (Å²) in [5.41, 5.74) is 4.45. The standard InChI is InChI=1S/C14H19N3O4/c1-4-17(14(2,3)12(19)20)13(21)16-10-7-5-6-9(8-10)11(15)18/h5-8H,4H2,1-3H3,(H2,15,18)(H,16,21)(H,19,20). The maximum absolute atomic E-state index is 12.2. The molecule has 0 saturated carbocycles. The zero-order chi connectivity index (χ0) is 16.2. The number of likely N-dealkylation sites (N-methyl/N-ethyl adjacent to an activating group) is 1. The lowest BCUT2D eigenvalue weighted by Gasteiger charge is -2.34. The molecule has 0 spiro atoms. The van der Waals surface area contributed by atoms with Crippen LogP contribution in [0.1, 0.15) is 31.1 Å². The van der Waals surface area contributed by atoms with Gasteiger partial charge in [0.1, 0.15) is 5.54 Å². The first-order valence-electron chi connectivity index (χ1n) is 6.42. The molecule has 0 heterocycles. The number of primary amides is 1. The molecule has 114 valence electrons. The molecule has 0 aliphatic heterocycles. The van der Waals surface area contributed by atoms with Crippen molar-refractivity contribution >= 4 is 23.6 Å². The molecule has 1 aromatic rings. The molecule has 1 rings (SSSR count). The van der Waals surface area contributed by atoms with E-state index in [-0.39, 0.29) is 12.1 Å². The Kier molecular flexibility index (Phi) is 4.91. The first-order valence-corrected chi connectivity index (χ1v) is 6.42. The maximum Gasteiger partial charge on any atom is 0.329 e. The van der Waals surface area contributed by atoms with E-state index < -0.39 is 23.4 Å². The fourth-order valence-corrected chi connectivity index (χ4v) is 1.85. The number of amides is 3. The van der Waals surface area contributed by atoms with Crippen molar-refractivity contribution in [3.63, 3.8) is 0 Å². The average Bonchev–Trinajstić information content (AvgIpc) is 2.39. The topological polar surface area (TPSA) is 113 Å². The number of benzene rings is 1. The molecule has 0 radical (unpaired) electrons. The predicted molar refractivity (Wildman–Crippen MR) is 78.1 cm³/mol. The van der Waals surface area contributed by atoms with Crippen molar-refractivity contribution in [2.24, 2.45) is 5.73 Å². The first-order chi connectivity index (χ1) is 9.70. The third kappa shape index (κ3) is 3.71. The largest absolute Gasteiger partial charge is 0.480 e.